The summed E-state index contributed by atoms with van der Waals surface area (Å²) in [7, 11) is 0. The molecule has 2 aromatic heterocycles. The number of rotatable bonds is 3. The van der Waals surface area contributed by atoms with Gasteiger partial charge in [0.1, 0.15) is 18.1 Å². The number of hydrogen-bond acceptors (Lipinski definition) is 7. The molecule has 1 saturated heterocycles. The number of imidazole rings is 1. The first-order valence-corrected chi connectivity index (χ1v) is 5.65. The molecule has 0 aromatic carbocycles. The number of hydrogen-bond donors (Lipinski definition) is 3. The van der Waals surface area contributed by atoms with Gasteiger partial charge in [-0.05, 0) is 0 Å². The summed E-state index contributed by atoms with van der Waals surface area (Å²) in [5, 5.41) is 9.11. The number of aromatic nitrogens is 4. The van der Waals surface area contributed by atoms with E-state index in [1.54, 1.807) is 10.9 Å². The largest absolute Gasteiger partial charge is 0.394 e. The van der Waals surface area contributed by atoms with Gasteiger partial charge in [0, 0.05) is 12.5 Å². The van der Waals surface area contributed by atoms with Crippen LogP contribution in [0.3, 0.4) is 0 Å². The Balaban J connectivity index is 1.99. The maximum atomic E-state index is 9.11. The van der Waals surface area contributed by atoms with Gasteiger partial charge < -0.3 is 21.3 Å². The van der Waals surface area contributed by atoms with Crippen molar-refractivity contribution in [2.75, 3.05) is 18.9 Å². The SMILES string of the molecule is NC[C@H]1[C@H](n2cnc3c(N)ncnc32)O[C@@H]1CO. The summed E-state index contributed by atoms with van der Waals surface area (Å²) in [6.45, 7) is 0.387. The molecule has 5 N–H and O–H groups in total. The maximum Gasteiger partial charge on any atom is 0.167 e. The molecule has 0 aliphatic carbocycles. The standard InChI is InChI=1S/C10H14N6O2/c11-1-5-6(2-17)18-10(5)16-4-15-7-8(12)13-3-14-9(7)16/h3-6,10,17H,1-2,11H2,(H2,12,13,14)/t5-,6-,10-/m1/s1. The molecule has 0 bridgehead atoms. The summed E-state index contributed by atoms with van der Waals surface area (Å²) in [5.74, 6) is 0.379. The summed E-state index contributed by atoms with van der Waals surface area (Å²) in [5.41, 5.74) is 12.6. The number of ether oxygens (including phenoxy) is 1. The fraction of sp³-hybridized carbons (Fsp3) is 0.500. The van der Waals surface area contributed by atoms with Gasteiger partial charge >= 0.3 is 0 Å². The molecule has 1 aliphatic rings. The molecule has 8 heteroatoms. The van der Waals surface area contributed by atoms with E-state index >= 15 is 0 Å². The molecular weight excluding hydrogens is 236 g/mol. The highest BCUT2D eigenvalue weighted by Crippen LogP contribution is 2.37. The molecule has 0 unspecified atom stereocenters. The minimum atomic E-state index is -0.258. The third-order valence-electron chi connectivity index (χ3n) is 3.27. The molecule has 2 aromatic rings. The van der Waals surface area contributed by atoms with Crippen molar-refractivity contribution in [2.24, 2.45) is 11.7 Å². The van der Waals surface area contributed by atoms with Crippen LogP contribution in [0.15, 0.2) is 12.7 Å². The normalized spacial score (nSPS) is 27.3. The van der Waals surface area contributed by atoms with Crippen LogP contribution < -0.4 is 11.5 Å². The summed E-state index contributed by atoms with van der Waals surface area (Å²) in [4.78, 5) is 12.2. The quantitative estimate of drug-likeness (QED) is 0.629. The first-order chi connectivity index (χ1) is 8.76. The number of nitrogens with two attached hydrogens (primary N) is 2. The zero-order valence-electron chi connectivity index (χ0n) is 9.60. The number of aliphatic hydroxyl groups is 1. The summed E-state index contributed by atoms with van der Waals surface area (Å²) < 4.78 is 7.35. The van der Waals surface area contributed by atoms with Crippen molar-refractivity contribution in [3.63, 3.8) is 0 Å². The van der Waals surface area contributed by atoms with Gasteiger partial charge in [0.05, 0.1) is 19.0 Å². The average molecular weight is 250 g/mol. The van der Waals surface area contributed by atoms with E-state index in [1.807, 2.05) is 0 Å². The van der Waals surface area contributed by atoms with Gasteiger partial charge in [0.15, 0.2) is 11.5 Å². The number of aliphatic hydroxyl groups excluding tert-OH is 1. The van der Waals surface area contributed by atoms with Gasteiger partial charge in [-0.15, -0.1) is 0 Å². The molecule has 0 radical (unpaired) electrons. The molecule has 1 fully saturated rings. The van der Waals surface area contributed by atoms with Crippen molar-refractivity contribution in [1.82, 2.24) is 19.5 Å². The second-order valence-electron chi connectivity index (χ2n) is 4.23. The molecule has 1 aliphatic heterocycles. The number of nitrogen functional groups attached to an aromatic ring is 1. The number of nitrogens with zero attached hydrogens (tertiary/aromatic N) is 4. The van der Waals surface area contributed by atoms with Crippen LogP contribution >= 0.6 is 0 Å². The van der Waals surface area contributed by atoms with Crippen LogP contribution in [0.25, 0.3) is 11.2 Å². The van der Waals surface area contributed by atoms with Crippen molar-refractivity contribution >= 4 is 17.0 Å². The molecule has 0 spiro atoms. The van der Waals surface area contributed by atoms with Gasteiger partial charge in [-0.25, -0.2) is 15.0 Å². The third kappa shape index (κ3) is 1.47. The molecule has 0 saturated carbocycles. The van der Waals surface area contributed by atoms with Crippen molar-refractivity contribution in [1.29, 1.82) is 0 Å². The van der Waals surface area contributed by atoms with Crippen LogP contribution in [0.2, 0.25) is 0 Å². The lowest BCUT2D eigenvalue weighted by atomic mass is 9.94. The molecule has 18 heavy (non-hydrogen) atoms. The number of fused-ring (bicyclic) bond motifs is 1. The zero-order valence-corrected chi connectivity index (χ0v) is 9.60. The van der Waals surface area contributed by atoms with Gasteiger partial charge in [-0.3, -0.25) is 4.57 Å². The van der Waals surface area contributed by atoms with Crippen LogP contribution in [0.4, 0.5) is 5.82 Å². The Morgan fingerprint density at radius 3 is 2.94 bits per heavy atom. The van der Waals surface area contributed by atoms with Gasteiger partial charge in [-0.2, -0.15) is 0 Å². The topological polar surface area (TPSA) is 125 Å². The van der Waals surface area contributed by atoms with Crippen LogP contribution in [0, 0.1) is 5.92 Å². The third-order valence-corrected chi connectivity index (χ3v) is 3.27. The van der Waals surface area contributed by atoms with Gasteiger partial charge in [0.2, 0.25) is 0 Å². The highest BCUT2D eigenvalue weighted by atomic mass is 16.5. The monoisotopic (exact) mass is 250 g/mol. The lowest BCUT2D eigenvalue weighted by Crippen LogP contribution is -2.51. The Bertz CT molecular complexity index is 570. The Morgan fingerprint density at radius 2 is 2.22 bits per heavy atom. The Morgan fingerprint density at radius 1 is 1.39 bits per heavy atom. The van der Waals surface area contributed by atoms with Crippen LogP contribution in [-0.4, -0.2) is 43.9 Å². The summed E-state index contributed by atoms with van der Waals surface area (Å²) >= 11 is 0. The predicted octanol–water partition coefficient (Wildman–Crippen LogP) is -1.13. The first-order valence-electron chi connectivity index (χ1n) is 5.65. The minimum Gasteiger partial charge on any atom is -0.394 e. The van der Waals surface area contributed by atoms with E-state index in [0.717, 1.165) is 0 Å². The lowest BCUT2D eigenvalue weighted by molar-refractivity contribution is -0.230. The van der Waals surface area contributed by atoms with E-state index in [4.69, 9.17) is 21.3 Å². The van der Waals surface area contributed by atoms with Crippen molar-refractivity contribution in [3.05, 3.63) is 12.7 Å². The van der Waals surface area contributed by atoms with Crippen LogP contribution in [0.1, 0.15) is 6.23 Å². The zero-order chi connectivity index (χ0) is 12.7. The van der Waals surface area contributed by atoms with E-state index in [0.29, 0.717) is 23.5 Å². The number of anilines is 1. The fourth-order valence-electron chi connectivity index (χ4n) is 2.25. The molecule has 8 nitrogen and oxygen atoms in total. The highest BCUT2D eigenvalue weighted by Gasteiger charge is 2.42. The Labute approximate surface area is 103 Å². The minimum absolute atomic E-state index is 0.0396. The van der Waals surface area contributed by atoms with Crippen LogP contribution in [0.5, 0.6) is 0 Å². The van der Waals surface area contributed by atoms with E-state index in [9.17, 15) is 0 Å². The second-order valence-corrected chi connectivity index (χ2v) is 4.23. The van der Waals surface area contributed by atoms with Crippen molar-refractivity contribution in [2.45, 2.75) is 12.3 Å². The lowest BCUT2D eigenvalue weighted by Gasteiger charge is -2.43. The van der Waals surface area contributed by atoms with E-state index in [-0.39, 0.29) is 24.9 Å². The van der Waals surface area contributed by atoms with E-state index < -0.39 is 0 Å². The first kappa shape index (κ1) is 11.3. The van der Waals surface area contributed by atoms with Gasteiger partial charge in [0.25, 0.3) is 0 Å². The second kappa shape index (κ2) is 4.16. The Kier molecular flexibility index (Phi) is 2.62. The Hall–Kier alpha value is -1.77. The summed E-state index contributed by atoms with van der Waals surface area (Å²) in [6.07, 6.45) is 2.51. The molecule has 3 atom stereocenters. The predicted molar refractivity (Wildman–Crippen MR) is 63.3 cm³/mol. The van der Waals surface area contributed by atoms with E-state index in [2.05, 4.69) is 15.0 Å². The van der Waals surface area contributed by atoms with Crippen molar-refractivity contribution in [3.8, 4) is 0 Å². The van der Waals surface area contributed by atoms with Gasteiger partial charge in [-0.1, -0.05) is 0 Å². The smallest absolute Gasteiger partial charge is 0.167 e. The fourth-order valence-corrected chi connectivity index (χ4v) is 2.25. The van der Waals surface area contributed by atoms with E-state index in [1.165, 1.54) is 6.33 Å². The highest BCUT2D eigenvalue weighted by molar-refractivity contribution is 5.81. The van der Waals surface area contributed by atoms with Crippen molar-refractivity contribution < 1.29 is 9.84 Å². The van der Waals surface area contributed by atoms with Crippen LogP contribution in [-0.2, 0) is 4.74 Å². The molecular formula is C10H14N6O2. The molecule has 0 amide bonds. The molecule has 3 rings (SSSR count). The maximum absolute atomic E-state index is 9.11. The average Bonchev–Trinajstić information content (AvgIpc) is 2.75. The summed E-state index contributed by atoms with van der Waals surface area (Å²) in [6, 6.07) is 0. The molecule has 3 heterocycles. The molecule has 96 valence electrons.